The highest BCUT2D eigenvalue weighted by atomic mass is 35.5. The summed E-state index contributed by atoms with van der Waals surface area (Å²) in [6, 6.07) is 6.10. The molecule has 164 valence electrons. The number of ether oxygens (including phenoxy) is 1. The van der Waals surface area contributed by atoms with Gasteiger partial charge < -0.3 is 24.7 Å². The monoisotopic (exact) mass is 445 g/mol. The number of aromatic nitrogens is 1. The number of esters is 1. The summed E-state index contributed by atoms with van der Waals surface area (Å²) >= 11 is 5.93. The summed E-state index contributed by atoms with van der Waals surface area (Å²) in [5, 5.41) is 6.16. The van der Waals surface area contributed by atoms with E-state index in [4.69, 9.17) is 20.8 Å². The van der Waals surface area contributed by atoms with Gasteiger partial charge in [-0.05, 0) is 31.2 Å². The van der Waals surface area contributed by atoms with E-state index in [0.717, 1.165) is 32.0 Å². The third-order valence-electron chi connectivity index (χ3n) is 5.27. The van der Waals surface area contributed by atoms with E-state index in [-0.39, 0.29) is 12.6 Å². The molecule has 2 N–H and O–H groups in total. The van der Waals surface area contributed by atoms with Gasteiger partial charge in [0.15, 0.2) is 0 Å². The molecule has 0 saturated carbocycles. The van der Waals surface area contributed by atoms with E-state index in [1.54, 1.807) is 25.3 Å². The summed E-state index contributed by atoms with van der Waals surface area (Å²) < 4.78 is 10.7. The number of pyridine rings is 1. The second-order valence-electron chi connectivity index (χ2n) is 7.26. The lowest BCUT2D eigenvalue weighted by Crippen LogP contribution is -2.51. The smallest absolute Gasteiger partial charge is 0.338 e. The van der Waals surface area contributed by atoms with Crippen LogP contribution < -0.4 is 15.5 Å². The number of carbonyl (C=O) groups excluding carboxylic acids is 2. The number of rotatable bonds is 6. The highest BCUT2D eigenvalue weighted by molar-refractivity contribution is 6.30. The molecule has 2 amide bonds. The molecule has 1 unspecified atom stereocenters. The first kappa shape index (κ1) is 21.2. The minimum absolute atomic E-state index is 0.237. The van der Waals surface area contributed by atoms with E-state index in [1.807, 2.05) is 12.1 Å². The molecule has 10 heteroatoms. The highest BCUT2D eigenvalue weighted by Gasteiger charge is 2.36. The van der Waals surface area contributed by atoms with Crippen molar-refractivity contribution in [1.29, 1.82) is 0 Å². The number of carbonyl (C=O) groups is 2. The quantitative estimate of drug-likeness (QED) is 0.658. The third kappa shape index (κ3) is 4.83. The van der Waals surface area contributed by atoms with Gasteiger partial charge in [0, 0.05) is 44.6 Å². The highest BCUT2D eigenvalue weighted by Crippen LogP contribution is 2.28. The molecule has 0 spiro atoms. The average Bonchev–Trinajstić information content (AvgIpc) is 3.29. The van der Waals surface area contributed by atoms with Crippen LogP contribution in [0.3, 0.4) is 0 Å². The van der Waals surface area contributed by atoms with Crippen molar-refractivity contribution >= 4 is 29.4 Å². The van der Waals surface area contributed by atoms with Crippen LogP contribution in [0.5, 0.6) is 0 Å². The van der Waals surface area contributed by atoms with E-state index in [2.05, 4.69) is 25.4 Å². The van der Waals surface area contributed by atoms with Crippen LogP contribution in [-0.4, -0.2) is 61.2 Å². The van der Waals surface area contributed by atoms with Crippen LogP contribution in [0.15, 0.2) is 52.4 Å². The first-order valence-electron chi connectivity index (χ1n) is 10.1. The molecular weight excluding hydrogens is 422 g/mol. The number of furan rings is 1. The molecule has 0 aliphatic carbocycles. The molecule has 1 saturated heterocycles. The fraction of sp³-hybridized carbons (Fsp3) is 0.381. The molecular formula is C21H24ClN5O4. The molecule has 9 nitrogen and oxygen atoms in total. The number of nitrogens with one attached hydrogen (secondary N) is 2. The van der Waals surface area contributed by atoms with Gasteiger partial charge in [-0.15, -0.1) is 0 Å². The number of hydrogen-bond donors (Lipinski definition) is 2. The Bertz CT molecular complexity index is 953. The lowest BCUT2D eigenvalue weighted by Gasteiger charge is -2.37. The molecule has 1 atom stereocenters. The van der Waals surface area contributed by atoms with Crippen LogP contribution in [0.4, 0.5) is 10.6 Å². The molecule has 0 radical (unpaired) electrons. The van der Waals surface area contributed by atoms with E-state index >= 15 is 0 Å². The summed E-state index contributed by atoms with van der Waals surface area (Å²) in [5.41, 5.74) is 0.889. The van der Waals surface area contributed by atoms with E-state index in [9.17, 15) is 9.59 Å². The van der Waals surface area contributed by atoms with Crippen molar-refractivity contribution < 1.29 is 18.7 Å². The number of halogens is 1. The fourth-order valence-electron chi connectivity index (χ4n) is 3.78. The zero-order valence-corrected chi connectivity index (χ0v) is 17.9. The number of anilines is 1. The van der Waals surface area contributed by atoms with Gasteiger partial charge in [-0.3, -0.25) is 4.90 Å². The van der Waals surface area contributed by atoms with Crippen molar-refractivity contribution in [2.75, 3.05) is 44.2 Å². The van der Waals surface area contributed by atoms with Gasteiger partial charge in [-0.1, -0.05) is 11.6 Å². The summed E-state index contributed by atoms with van der Waals surface area (Å²) in [7, 11) is 0. The number of urea groups is 1. The Morgan fingerprint density at radius 3 is 2.74 bits per heavy atom. The number of piperazine rings is 1. The summed E-state index contributed by atoms with van der Waals surface area (Å²) in [5.74, 6) is 0.882. The minimum Gasteiger partial charge on any atom is -0.467 e. The molecule has 2 aliphatic heterocycles. The minimum atomic E-state index is -0.697. The molecule has 4 heterocycles. The molecule has 0 bridgehead atoms. The Morgan fingerprint density at radius 2 is 2.10 bits per heavy atom. The van der Waals surface area contributed by atoms with Crippen molar-refractivity contribution in [2.45, 2.75) is 13.0 Å². The lowest BCUT2D eigenvalue weighted by atomic mass is 9.99. The topological polar surface area (TPSA) is 99.9 Å². The Balaban J connectivity index is 1.51. The van der Waals surface area contributed by atoms with Crippen LogP contribution in [0.1, 0.15) is 18.7 Å². The van der Waals surface area contributed by atoms with Crippen molar-refractivity contribution in [2.24, 2.45) is 0 Å². The summed E-state index contributed by atoms with van der Waals surface area (Å²) in [6.07, 6.45) is 3.15. The maximum Gasteiger partial charge on any atom is 0.338 e. The van der Waals surface area contributed by atoms with E-state index in [0.29, 0.717) is 28.6 Å². The average molecular weight is 446 g/mol. The van der Waals surface area contributed by atoms with Crippen molar-refractivity contribution in [3.05, 3.63) is 58.8 Å². The molecule has 2 aromatic heterocycles. The van der Waals surface area contributed by atoms with Crippen molar-refractivity contribution in [1.82, 2.24) is 20.5 Å². The number of nitrogens with zero attached hydrogens (tertiary/aromatic N) is 3. The van der Waals surface area contributed by atoms with E-state index < -0.39 is 12.0 Å². The van der Waals surface area contributed by atoms with Crippen LogP contribution in [0.25, 0.3) is 0 Å². The van der Waals surface area contributed by atoms with Crippen LogP contribution >= 0.6 is 11.6 Å². The van der Waals surface area contributed by atoms with Gasteiger partial charge >= 0.3 is 12.0 Å². The predicted molar refractivity (Wildman–Crippen MR) is 115 cm³/mol. The fourth-order valence-corrected chi connectivity index (χ4v) is 3.89. The predicted octanol–water partition coefficient (Wildman–Crippen LogP) is 2.32. The maximum atomic E-state index is 12.8. The van der Waals surface area contributed by atoms with Crippen LogP contribution in [0.2, 0.25) is 5.02 Å². The number of amides is 2. The molecule has 31 heavy (non-hydrogen) atoms. The third-order valence-corrected chi connectivity index (χ3v) is 5.49. The Morgan fingerprint density at radius 1 is 1.29 bits per heavy atom. The van der Waals surface area contributed by atoms with Crippen LogP contribution in [0, 0.1) is 0 Å². The molecule has 4 rings (SSSR count). The van der Waals surface area contributed by atoms with Gasteiger partial charge in [0.05, 0.1) is 23.5 Å². The Labute approximate surface area is 185 Å². The first-order chi connectivity index (χ1) is 15.0. The van der Waals surface area contributed by atoms with Crippen molar-refractivity contribution in [3.63, 3.8) is 0 Å². The van der Waals surface area contributed by atoms with Crippen molar-refractivity contribution in [3.8, 4) is 0 Å². The molecule has 2 aromatic rings. The zero-order valence-electron chi connectivity index (χ0n) is 17.1. The number of hydrogen-bond acceptors (Lipinski definition) is 7. The normalized spacial score (nSPS) is 19.7. The molecule has 1 fully saturated rings. The maximum absolute atomic E-state index is 12.8. The van der Waals surface area contributed by atoms with E-state index in [1.165, 1.54) is 6.26 Å². The van der Waals surface area contributed by atoms with Gasteiger partial charge in [-0.25, -0.2) is 14.6 Å². The Kier molecular flexibility index (Phi) is 6.43. The summed E-state index contributed by atoms with van der Waals surface area (Å²) in [6.45, 7) is 5.44. The zero-order chi connectivity index (χ0) is 21.8. The van der Waals surface area contributed by atoms with Gasteiger partial charge in [-0.2, -0.15) is 0 Å². The molecule has 2 aliphatic rings. The standard InChI is InChI=1S/C21H24ClN5O4/c1-2-30-20(28)18-15(24-21(29)25-19(18)16-4-3-11-31-16)13-26-7-9-27(10-8-26)17-6-5-14(22)12-23-17/h3-6,11-12,19H,2,7-10,13H2,1H3,(H2,24,25,29). The van der Waals surface area contributed by atoms with Gasteiger partial charge in [0.1, 0.15) is 17.6 Å². The second-order valence-corrected chi connectivity index (χ2v) is 7.69. The molecule has 0 aromatic carbocycles. The van der Waals surface area contributed by atoms with Crippen LogP contribution in [-0.2, 0) is 9.53 Å². The SMILES string of the molecule is CCOC(=O)C1=C(CN2CCN(c3ccc(Cl)cn3)CC2)NC(=O)NC1c1ccco1. The van der Waals surface area contributed by atoms with Gasteiger partial charge in [0.2, 0.25) is 0 Å². The lowest BCUT2D eigenvalue weighted by molar-refractivity contribution is -0.139. The second kappa shape index (κ2) is 9.40. The summed E-state index contributed by atoms with van der Waals surface area (Å²) in [4.78, 5) is 33.8. The largest absolute Gasteiger partial charge is 0.467 e. The Hall–Kier alpha value is -3.04. The van der Waals surface area contributed by atoms with Gasteiger partial charge in [0.25, 0.3) is 0 Å². The first-order valence-corrected chi connectivity index (χ1v) is 10.5.